The van der Waals surface area contributed by atoms with E-state index in [-0.39, 0.29) is 52.8 Å². The van der Waals surface area contributed by atoms with Crippen molar-refractivity contribution in [1.82, 2.24) is 0 Å². The van der Waals surface area contributed by atoms with Crippen LogP contribution in [0, 0.1) is 40.4 Å². The van der Waals surface area contributed by atoms with Crippen LogP contribution in [-0.4, -0.2) is 48.8 Å². The van der Waals surface area contributed by atoms with Gasteiger partial charge in [-0.25, -0.2) is 0 Å². The number of ether oxygens (including phenoxy) is 4. The molecule has 0 aromatic rings. The van der Waals surface area contributed by atoms with Crippen LogP contribution < -0.4 is 0 Å². The van der Waals surface area contributed by atoms with Crippen LogP contribution in [0.4, 0.5) is 0 Å². The van der Waals surface area contributed by atoms with Crippen LogP contribution in [0.15, 0.2) is 11.1 Å². The Balaban J connectivity index is 1.61. The summed E-state index contributed by atoms with van der Waals surface area (Å²) in [4.78, 5) is 47.6. The van der Waals surface area contributed by atoms with Gasteiger partial charge in [-0.15, -0.1) is 0 Å². The van der Waals surface area contributed by atoms with Crippen molar-refractivity contribution < 1.29 is 38.1 Å². The average molecular weight is 603 g/mol. The lowest BCUT2D eigenvalue weighted by molar-refractivity contribution is -0.158. The lowest BCUT2D eigenvalue weighted by Gasteiger charge is -2.60. The Kier molecular flexibility index (Phi) is 10.4. The van der Waals surface area contributed by atoms with Gasteiger partial charge in [-0.1, -0.05) is 20.8 Å². The molecule has 0 aromatic carbocycles. The molecule has 4 aliphatic rings. The second-order valence-electron chi connectivity index (χ2n) is 14.6. The number of carbonyl (C=O) groups is 4. The van der Waals surface area contributed by atoms with Crippen molar-refractivity contribution in [2.24, 2.45) is 40.4 Å². The summed E-state index contributed by atoms with van der Waals surface area (Å²) in [5.74, 6) is 1.08. The zero-order chi connectivity index (χ0) is 31.7. The van der Waals surface area contributed by atoms with Gasteiger partial charge in [-0.05, 0) is 123 Å². The van der Waals surface area contributed by atoms with Crippen LogP contribution in [0.25, 0.3) is 0 Å². The highest BCUT2D eigenvalue weighted by Crippen LogP contribution is 2.68. The quantitative estimate of drug-likeness (QED) is 0.163. The molecule has 0 saturated heterocycles. The molecule has 0 aliphatic heterocycles. The highest BCUT2D eigenvalue weighted by Gasteiger charge is 2.62. The third kappa shape index (κ3) is 7.14. The molecule has 0 radical (unpaired) electrons. The van der Waals surface area contributed by atoms with E-state index < -0.39 is 6.10 Å². The Hall–Kier alpha value is -2.38. The Morgan fingerprint density at radius 2 is 1.49 bits per heavy atom. The molecule has 10 atom stereocenters. The molecule has 8 heteroatoms. The predicted octanol–water partition coefficient (Wildman–Crippen LogP) is 6.73. The lowest BCUT2D eigenvalue weighted by atomic mass is 9.45. The average Bonchev–Trinajstić information content (AvgIpc) is 3.20. The van der Waals surface area contributed by atoms with Crippen LogP contribution in [0.2, 0.25) is 0 Å². The first-order valence-corrected chi connectivity index (χ1v) is 16.5. The number of fused-ring (bicyclic) bond motifs is 5. The fourth-order valence-corrected chi connectivity index (χ4v) is 9.89. The Bertz CT molecular complexity index is 1110. The van der Waals surface area contributed by atoms with Gasteiger partial charge in [0, 0.05) is 27.7 Å². The largest absolute Gasteiger partial charge is 0.466 e. The maximum absolute atomic E-state index is 12.4. The summed E-state index contributed by atoms with van der Waals surface area (Å²) in [5, 5.41) is 0. The molecule has 0 bridgehead atoms. The molecule has 0 amide bonds. The van der Waals surface area contributed by atoms with E-state index in [0.717, 1.165) is 68.9 Å². The van der Waals surface area contributed by atoms with Crippen LogP contribution in [0.5, 0.6) is 0 Å². The van der Waals surface area contributed by atoms with Crippen molar-refractivity contribution in [3.05, 3.63) is 11.1 Å². The first-order valence-electron chi connectivity index (χ1n) is 16.5. The summed E-state index contributed by atoms with van der Waals surface area (Å²) in [7, 11) is 0. The van der Waals surface area contributed by atoms with E-state index in [1.54, 1.807) is 0 Å². The molecular weight excluding hydrogens is 548 g/mol. The van der Waals surface area contributed by atoms with E-state index in [2.05, 4.69) is 20.8 Å². The topological polar surface area (TPSA) is 105 Å². The molecule has 4 aliphatic carbocycles. The highest BCUT2D eigenvalue weighted by molar-refractivity contribution is 5.68. The maximum atomic E-state index is 12.4. The Labute approximate surface area is 258 Å². The summed E-state index contributed by atoms with van der Waals surface area (Å²) in [6.45, 7) is 15.1. The molecule has 0 aromatic heterocycles. The minimum Gasteiger partial charge on any atom is -0.466 e. The molecule has 2 unspecified atom stereocenters. The Morgan fingerprint density at radius 3 is 2.12 bits per heavy atom. The number of hydrogen-bond acceptors (Lipinski definition) is 8. The van der Waals surface area contributed by atoms with Crippen molar-refractivity contribution in [1.29, 1.82) is 0 Å². The molecular formula is C35H54O8. The lowest BCUT2D eigenvalue weighted by Crippen LogP contribution is -2.53. The summed E-state index contributed by atoms with van der Waals surface area (Å²) in [6, 6.07) is 0. The number of esters is 4. The van der Waals surface area contributed by atoms with Crippen molar-refractivity contribution in [3.63, 3.8) is 0 Å². The minimum atomic E-state index is -0.427. The van der Waals surface area contributed by atoms with E-state index >= 15 is 0 Å². The number of carbonyl (C=O) groups excluding carboxylic acids is 4. The van der Waals surface area contributed by atoms with Gasteiger partial charge >= 0.3 is 23.9 Å². The summed E-state index contributed by atoms with van der Waals surface area (Å²) in [5.41, 5.74) is 2.23. The van der Waals surface area contributed by atoms with E-state index in [4.69, 9.17) is 18.9 Å². The van der Waals surface area contributed by atoms with Crippen molar-refractivity contribution in [3.8, 4) is 0 Å². The maximum Gasteiger partial charge on any atom is 0.303 e. The molecule has 0 spiro atoms. The second-order valence-corrected chi connectivity index (χ2v) is 14.6. The predicted molar refractivity (Wildman–Crippen MR) is 162 cm³/mol. The smallest absolute Gasteiger partial charge is 0.303 e. The fourth-order valence-electron chi connectivity index (χ4n) is 9.89. The molecule has 0 N–H and O–H groups in total. The van der Waals surface area contributed by atoms with Gasteiger partial charge in [0.1, 0.15) is 18.3 Å². The summed E-state index contributed by atoms with van der Waals surface area (Å²) < 4.78 is 22.9. The van der Waals surface area contributed by atoms with Gasteiger partial charge in [0.15, 0.2) is 0 Å². The fraction of sp³-hybridized carbons (Fsp3) is 0.829. The molecule has 4 rings (SSSR count). The normalized spacial score (nSPS) is 37.5. The third-order valence-electron chi connectivity index (χ3n) is 11.8. The first kappa shape index (κ1) is 33.5. The van der Waals surface area contributed by atoms with E-state index in [1.165, 1.54) is 27.7 Å². The highest BCUT2D eigenvalue weighted by atomic mass is 16.6. The van der Waals surface area contributed by atoms with Crippen molar-refractivity contribution in [2.75, 3.05) is 6.61 Å². The van der Waals surface area contributed by atoms with Gasteiger partial charge in [0.25, 0.3) is 0 Å². The molecule has 43 heavy (non-hydrogen) atoms. The van der Waals surface area contributed by atoms with Crippen molar-refractivity contribution in [2.45, 2.75) is 138 Å². The third-order valence-corrected chi connectivity index (χ3v) is 11.8. The molecule has 0 heterocycles. The SMILES string of the molecule is CC(=O)OCC(C)CCC(OC(C)=O)/C(C)=C1\[C@@H](OC(C)=O)C[C@H]2[C@@H]3CC[C@H]4C[C@@H](OC(C)=O)CC[C@]4(C)[C@H]3CC[C@]12C. The van der Waals surface area contributed by atoms with Gasteiger partial charge in [0.2, 0.25) is 0 Å². The van der Waals surface area contributed by atoms with Crippen LogP contribution in [0.3, 0.4) is 0 Å². The molecule has 242 valence electrons. The molecule has 8 nitrogen and oxygen atoms in total. The summed E-state index contributed by atoms with van der Waals surface area (Å²) >= 11 is 0. The molecule has 4 saturated carbocycles. The Morgan fingerprint density at radius 1 is 0.791 bits per heavy atom. The van der Waals surface area contributed by atoms with E-state index in [9.17, 15) is 19.2 Å². The first-order chi connectivity index (χ1) is 20.2. The molecule has 4 fully saturated rings. The zero-order valence-electron chi connectivity index (χ0n) is 27.7. The van der Waals surface area contributed by atoms with Gasteiger partial charge in [-0.2, -0.15) is 0 Å². The van der Waals surface area contributed by atoms with E-state index in [0.29, 0.717) is 36.7 Å². The minimum absolute atomic E-state index is 0.0351. The van der Waals surface area contributed by atoms with Crippen LogP contribution in [-0.2, 0) is 38.1 Å². The van der Waals surface area contributed by atoms with Crippen LogP contribution in [0.1, 0.15) is 120 Å². The standard InChI is InChI=1S/C35H54O8/c1-20(19-40-22(3)36)9-12-31(42-24(5)38)21(2)33-32(43-25(6)39)18-30-28-11-10-26-17-27(41-23(4)37)13-15-34(26,7)29(28)14-16-35(30,33)8/h20,26-32H,9-19H2,1-8H3/b33-21+/t20?,26-,27-,28+,29-,30-,31?,32-,34-,35-/m0/s1. The van der Waals surface area contributed by atoms with Crippen molar-refractivity contribution >= 4 is 23.9 Å². The van der Waals surface area contributed by atoms with E-state index in [1.807, 2.05) is 6.92 Å². The zero-order valence-corrected chi connectivity index (χ0v) is 27.7. The van der Waals surface area contributed by atoms with Gasteiger partial charge in [0.05, 0.1) is 6.61 Å². The second kappa shape index (κ2) is 13.3. The van der Waals surface area contributed by atoms with Gasteiger partial charge in [-0.3, -0.25) is 19.2 Å². The summed E-state index contributed by atoms with van der Waals surface area (Å²) in [6.07, 6.45) is 8.79. The van der Waals surface area contributed by atoms with Crippen LogP contribution >= 0.6 is 0 Å². The van der Waals surface area contributed by atoms with Gasteiger partial charge < -0.3 is 18.9 Å². The number of rotatable bonds is 9. The monoisotopic (exact) mass is 602 g/mol. The number of hydrogen-bond donors (Lipinski definition) is 0.